The van der Waals surface area contributed by atoms with Crippen molar-refractivity contribution in [1.29, 1.82) is 5.26 Å². The van der Waals surface area contributed by atoms with Crippen LogP contribution in [0.1, 0.15) is 53.7 Å². The lowest BCUT2D eigenvalue weighted by Gasteiger charge is -2.24. The zero-order valence-electron chi connectivity index (χ0n) is 25.3. The van der Waals surface area contributed by atoms with Gasteiger partial charge in [-0.25, -0.2) is 4.52 Å². The molecule has 0 amide bonds. The number of nitrogens with two attached hydrogens (primary N) is 1. The van der Waals surface area contributed by atoms with Crippen LogP contribution >= 0.6 is 31.1 Å². The lowest BCUT2D eigenvalue weighted by molar-refractivity contribution is -0.118. The molecule has 0 aromatic carbocycles. The number of ether oxygens (including phenoxy) is 1. The first-order valence-corrected chi connectivity index (χ1v) is 17.6. The summed E-state index contributed by atoms with van der Waals surface area (Å²) in [4.78, 5) is 24.6. The molecule has 5 atom stereocenters. The first-order valence-electron chi connectivity index (χ1n) is 13.9. The Morgan fingerprint density at radius 1 is 1.12 bits per heavy atom. The van der Waals surface area contributed by atoms with Gasteiger partial charge in [-0.3, -0.25) is 14.2 Å². The van der Waals surface area contributed by atoms with Crippen molar-refractivity contribution in [2.75, 3.05) is 36.6 Å². The summed E-state index contributed by atoms with van der Waals surface area (Å²) in [5.41, 5.74) is 3.97. The summed E-state index contributed by atoms with van der Waals surface area (Å²) in [5.74, 6) is 0.636. The van der Waals surface area contributed by atoms with Crippen molar-refractivity contribution >= 4 is 52.6 Å². The summed E-state index contributed by atoms with van der Waals surface area (Å²) in [6, 6.07) is 6.71. The maximum atomic E-state index is 13.8. The number of aliphatic hydroxyl groups is 2. The molecule has 0 aliphatic carbocycles. The van der Waals surface area contributed by atoms with Gasteiger partial charge in [-0.05, 0) is 24.6 Å². The van der Waals surface area contributed by atoms with Gasteiger partial charge in [-0.1, -0.05) is 65.1 Å². The Kier molecular flexibility index (Phi) is 11.6. The van der Waals surface area contributed by atoms with Crippen molar-refractivity contribution in [3.63, 3.8) is 0 Å². The van der Waals surface area contributed by atoms with Crippen LogP contribution < -0.4 is 5.73 Å². The number of carbonyl (C=O) groups is 2. The molecule has 1 saturated heterocycles. The van der Waals surface area contributed by atoms with E-state index in [-0.39, 0.29) is 34.4 Å². The highest BCUT2D eigenvalue weighted by Crippen LogP contribution is 2.50. The number of carbonyl (C=O) groups excluding carboxylic acids is 2. The van der Waals surface area contributed by atoms with E-state index in [1.54, 1.807) is 32.9 Å². The Bertz CT molecular complexity index is 1360. The van der Waals surface area contributed by atoms with Crippen LogP contribution in [0.25, 0.3) is 5.52 Å². The highest BCUT2D eigenvalue weighted by Gasteiger charge is 2.58. The normalized spacial score (nSPS) is 24.1. The van der Waals surface area contributed by atoms with E-state index in [0.29, 0.717) is 23.4 Å². The third-order valence-corrected chi connectivity index (χ3v) is 11.3. The van der Waals surface area contributed by atoms with Crippen LogP contribution in [0.5, 0.6) is 0 Å². The topological polar surface area (TPSA) is 186 Å². The molecule has 1 aliphatic heterocycles. The number of aromatic nitrogens is 2. The van der Waals surface area contributed by atoms with E-state index in [4.69, 9.17) is 19.5 Å². The van der Waals surface area contributed by atoms with Gasteiger partial charge < -0.3 is 29.7 Å². The largest absolute Gasteiger partial charge is 0.397 e. The molecular weight excluding hydrogens is 615 g/mol. The van der Waals surface area contributed by atoms with Crippen LogP contribution in [0, 0.1) is 22.2 Å². The second kappa shape index (κ2) is 14.0. The second-order valence-electron chi connectivity index (χ2n) is 12.3. The van der Waals surface area contributed by atoms with Crippen LogP contribution in [-0.2, 0) is 33.5 Å². The minimum Gasteiger partial charge on any atom is -0.397 e. The van der Waals surface area contributed by atoms with Gasteiger partial charge in [0, 0.05) is 28.5 Å². The summed E-state index contributed by atoms with van der Waals surface area (Å²) >= 11 is 2.20. The van der Waals surface area contributed by atoms with Gasteiger partial charge in [0.2, 0.25) is 5.60 Å². The standard InChI is InChI=1S/C28H41N4O8PS2/c1-26(2,3)24(35)42-14-7-13-41(37,38-12-15-43-25(36)27(4,5)6)39-16-20-22(33)23(34)28(17-29,40-20)21-9-8-19-18(30)10-11-31-32(19)21/h8-11,20,22-23,33-34H,7,12-16,30H2,1-6H3/t20-,22-,23-,28+,41?/m1/s1. The van der Waals surface area contributed by atoms with Crippen LogP contribution in [0.3, 0.4) is 0 Å². The van der Waals surface area contributed by atoms with Crippen LogP contribution in [-0.4, -0.2) is 79.3 Å². The van der Waals surface area contributed by atoms with Crippen molar-refractivity contribution in [2.24, 2.45) is 10.8 Å². The molecule has 43 heavy (non-hydrogen) atoms. The highest BCUT2D eigenvalue weighted by atomic mass is 32.2. The van der Waals surface area contributed by atoms with Crippen molar-refractivity contribution in [3.05, 3.63) is 30.1 Å². The van der Waals surface area contributed by atoms with E-state index in [1.165, 1.54) is 16.8 Å². The van der Waals surface area contributed by atoms with Gasteiger partial charge in [0.25, 0.3) is 0 Å². The molecule has 0 saturated carbocycles. The molecule has 0 bridgehead atoms. The van der Waals surface area contributed by atoms with E-state index < -0.39 is 48.9 Å². The van der Waals surface area contributed by atoms with E-state index in [1.807, 2.05) is 26.8 Å². The van der Waals surface area contributed by atoms with E-state index >= 15 is 0 Å². The fraction of sp³-hybridized carbons (Fsp3) is 0.643. The van der Waals surface area contributed by atoms with E-state index in [2.05, 4.69) is 5.10 Å². The molecule has 12 nitrogen and oxygen atoms in total. The summed E-state index contributed by atoms with van der Waals surface area (Å²) in [6.45, 7) is 10.4. The molecule has 0 spiro atoms. The summed E-state index contributed by atoms with van der Waals surface area (Å²) in [7, 11) is -3.81. The smallest absolute Gasteiger partial charge is 0.330 e. The van der Waals surface area contributed by atoms with Crippen molar-refractivity contribution in [1.82, 2.24) is 9.61 Å². The van der Waals surface area contributed by atoms with Crippen molar-refractivity contribution in [3.8, 4) is 6.07 Å². The lowest BCUT2D eigenvalue weighted by atomic mass is 9.92. The molecule has 2 aromatic heterocycles. The molecule has 15 heteroatoms. The average Bonchev–Trinajstić information content (AvgIpc) is 3.47. The third kappa shape index (κ3) is 8.41. The van der Waals surface area contributed by atoms with Gasteiger partial charge in [-0.15, -0.1) is 0 Å². The number of fused-ring (bicyclic) bond motifs is 1. The first-order chi connectivity index (χ1) is 19.9. The number of rotatable bonds is 12. The number of anilines is 1. The zero-order valence-corrected chi connectivity index (χ0v) is 27.8. The maximum absolute atomic E-state index is 13.8. The summed E-state index contributed by atoms with van der Waals surface area (Å²) in [6.07, 6.45) is -2.76. The quantitative estimate of drug-likeness (QED) is 0.220. The van der Waals surface area contributed by atoms with Gasteiger partial charge in [0.15, 0.2) is 10.2 Å². The SMILES string of the molecule is CC(C)(C)C(=O)SCCCP(=O)(OCCSC(=O)C(C)(C)C)OC[C@H]1O[C@@](C#N)(c2ccc3c(N)ccnn23)[C@H](O)[C@@H]1O. The number of nitriles is 1. The molecule has 238 valence electrons. The van der Waals surface area contributed by atoms with Crippen LogP contribution in [0.15, 0.2) is 24.4 Å². The van der Waals surface area contributed by atoms with Crippen LogP contribution in [0.2, 0.25) is 0 Å². The monoisotopic (exact) mass is 656 g/mol. The lowest BCUT2D eigenvalue weighted by Crippen LogP contribution is -2.41. The molecule has 4 N–H and O–H groups in total. The predicted octanol–water partition coefficient (Wildman–Crippen LogP) is 3.98. The first kappa shape index (κ1) is 35.5. The van der Waals surface area contributed by atoms with Gasteiger partial charge in [-0.2, -0.15) is 10.4 Å². The number of nitrogen functional groups attached to an aromatic ring is 1. The number of hydrogen-bond donors (Lipinski definition) is 3. The molecule has 3 rings (SSSR count). The Balaban J connectivity index is 1.72. The Hall–Kier alpha value is -1.95. The Morgan fingerprint density at radius 3 is 2.35 bits per heavy atom. The van der Waals surface area contributed by atoms with Crippen molar-refractivity contribution < 1.29 is 38.2 Å². The molecular formula is C28H41N4O8PS2. The number of aliphatic hydroxyl groups excluding tert-OH is 2. The summed E-state index contributed by atoms with van der Waals surface area (Å²) < 4.78 is 32.5. The van der Waals surface area contributed by atoms with E-state index in [0.717, 1.165) is 23.5 Å². The predicted molar refractivity (Wildman–Crippen MR) is 167 cm³/mol. The number of hydrogen-bond acceptors (Lipinski definition) is 13. The summed E-state index contributed by atoms with van der Waals surface area (Å²) in [5, 5.41) is 36.2. The molecule has 1 unspecified atom stereocenters. The number of thioether (sulfide) groups is 2. The molecule has 2 aromatic rings. The zero-order chi connectivity index (χ0) is 32.2. The fourth-order valence-corrected chi connectivity index (χ4v) is 7.81. The van der Waals surface area contributed by atoms with E-state index in [9.17, 15) is 29.6 Å². The minimum absolute atomic E-state index is 0.000257. The van der Waals surface area contributed by atoms with Gasteiger partial charge in [0.05, 0.1) is 36.3 Å². The second-order valence-corrected chi connectivity index (χ2v) is 16.7. The Morgan fingerprint density at radius 2 is 1.74 bits per heavy atom. The Labute approximate surface area is 260 Å². The molecule has 1 aliphatic rings. The van der Waals surface area contributed by atoms with Gasteiger partial charge >= 0.3 is 7.60 Å². The van der Waals surface area contributed by atoms with Crippen LogP contribution in [0.4, 0.5) is 5.69 Å². The third-order valence-electron chi connectivity index (χ3n) is 6.67. The fourth-order valence-electron chi connectivity index (χ4n) is 4.15. The average molecular weight is 657 g/mol. The molecule has 3 heterocycles. The van der Waals surface area contributed by atoms with Crippen molar-refractivity contribution in [2.45, 2.75) is 71.9 Å². The minimum atomic E-state index is -3.81. The maximum Gasteiger partial charge on any atom is 0.330 e. The van der Waals surface area contributed by atoms with Gasteiger partial charge in [0.1, 0.15) is 24.4 Å². The highest BCUT2D eigenvalue weighted by molar-refractivity contribution is 8.14. The molecule has 0 radical (unpaired) electrons. The molecule has 1 fully saturated rings. The number of nitrogens with zero attached hydrogens (tertiary/aromatic N) is 3.